The van der Waals surface area contributed by atoms with Gasteiger partial charge in [-0.15, -0.1) is 0 Å². The third-order valence-electron chi connectivity index (χ3n) is 4.20. The Bertz CT molecular complexity index is 340. The van der Waals surface area contributed by atoms with E-state index < -0.39 is 0 Å². The molecule has 1 aromatic heterocycles. The highest BCUT2D eigenvalue weighted by Gasteiger charge is 2.26. The first-order chi connectivity index (χ1) is 8.19. The monoisotopic (exact) mass is 236 g/mol. The summed E-state index contributed by atoms with van der Waals surface area (Å²) in [6.07, 6.45) is 8.70. The highest BCUT2D eigenvalue weighted by Crippen LogP contribution is 2.33. The molecule has 3 nitrogen and oxygen atoms in total. The molecule has 1 N–H and O–H groups in total. The second-order valence-electron chi connectivity index (χ2n) is 5.44. The number of nitrogens with zero attached hydrogens (tertiary/aromatic N) is 2. The average molecular weight is 236 g/mol. The van der Waals surface area contributed by atoms with Crippen molar-refractivity contribution in [1.29, 1.82) is 0 Å². The molecule has 0 aliphatic heterocycles. The Kier molecular flexibility index (Phi) is 4.21. The SMILES string of the molecule is CCC1CCC(C(O)Cc2ccn(C)n2)CC1. The Morgan fingerprint density at radius 2 is 2.12 bits per heavy atom. The lowest BCUT2D eigenvalue weighted by molar-refractivity contribution is 0.0727. The van der Waals surface area contributed by atoms with Crippen molar-refractivity contribution in [3.05, 3.63) is 18.0 Å². The van der Waals surface area contributed by atoms with Crippen molar-refractivity contribution in [2.24, 2.45) is 18.9 Å². The fourth-order valence-electron chi connectivity index (χ4n) is 2.93. The molecule has 0 bridgehead atoms. The highest BCUT2D eigenvalue weighted by atomic mass is 16.3. The fourth-order valence-corrected chi connectivity index (χ4v) is 2.93. The average Bonchev–Trinajstić information content (AvgIpc) is 2.75. The maximum absolute atomic E-state index is 10.2. The van der Waals surface area contributed by atoms with Gasteiger partial charge in [-0.2, -0.15) is 5.10 Å². The fraction of sp³-hybridized carbons (Fsp3) is 0.786. The third-order valence-corrected chi connectivity index (χ3v) is 4.20. The van der Waals surface area contributed by atoms with E-state index in [1.54, 1.807) is 4.68 Å². The minimum atomic E-state index is -0.206. The zero-order valence-electron chi connectivity index (χ0n) is 11.0. The normalized spacial score (nSPS) is 27.0. The van der Waals surface area contributed by atoms with Crippen LogP contribution in [0.25, 0.3) is 0 Å². The predicted octanol–water partition coefficient (Wildman–Crippen LogP) is 2.54. The number of aliphatic hydroxyl groups excluding tert-OH is 1. The van der Waals surface area contributed by atoms with Crippen LogP contribution in [0, 0.1) is 11.8 Å². The topological polar surface area (TPSA) is 38.0 Å². The lowest BCUT2D eigenvalue weighted by Crippen LogP contribution is -2.27. The minimum absolute atomic E-state index is 0.206. The number of aryl methyl sites for hydroxylation is 1. The Hall–Kier alpha value is -0.830. The summed E-state index contributed by atoms with van der Waals surface area (Å²) in [6, 6.07) is 2.00. The van der Waals surface area contributed by atoms with Gasteiger partial charge in [0, 0.05) is 19.7 Å². The molecule has 96 valence electrons. The molecule has 0 amide bonds. The number of aliphatic hydroxyl groups is 1. The van der Waals surface area contributed by atoms with E-state index in [2.05, 4.69) is 12.0 Å². The predicted molar refractivity (Wildman–Crippen MR) is 68.7 cm³/mol. The molecule has 1 atom stereocenters. The summed E-state index contributed by atoms with van der Waals surface area (Å²) in [6.45, 7) is 2.27. The van der Waals surface area contributed by atoms with Crippen LogP contribution in [0.5, 0.6) is 0 Å². The molecular weight excluding hydrogens is 212 g/mol. The maximum Gasteiger partial charge on any atom is 0.0650 e. The van der Waals surface area contributed by atoms with Gasteiger partial charge in [0.15, 0.2) is 0 Å². The second-order valence-corrected chi connectivity index (χ2v) is 5.44. The molecule has 1 aliphatic carbocycles. The van der Waals surface area contributed by atoms with Gasteiger partial charge in [-0.1, -0.05) is 26.2 Å². The Morgan fingerprint density at radius 3 is 2.65 bits per heavy atom. The molecule has 1 aliphatic rings. The van der Waals surface area contributed by atoms with Crippen LogP contribution in [-0.2, 0) is 13.5 Å². The van der Waals surface area contributed by atoms with Crippen molar-refractivity contribution in [3.8, 4) is 0 Å². The smallest absolute Gasteiger partial charge is 0.0650 e. The Labute approximate surface area is 104 Å². The molecule has 0 aromatic carbocycles. The molecular formula is C14H24N2O. The van der Waals surface area contributed by atoms with E-state index in [0.717, 1.165) is 11.6 Å². The van der Waals surface area contributed by atoms with Crippen molar-refractivity contribution in [2.45, 2.75) is 51.6 Å². The standard InChI is InChI=1S/C14H24N2O/c1-3-11-4-6-12(7-5-11)14(17)10-13-8-9-16(2)15-13/h8-9,11-12,14,17H,3-7,10H2,1-2H3. The highest BCUT2D eigenvalue weighted by molar-refractivity contribution is 5.01. The third kappa shape index (κ3) is 3.32. The van der Waals surface area contributed by atoms with E-state index in [9.17, 15) is 5.11 Å². The second kappa shape index (κ2) is 5.67. The molecule has 0 saturated heterocycles. The van der Waals surface area contributed by atoms with Crippen molar-refractivity contribution in [2.75, 3.05) is 0 Å². The molecule has 17 heavy (non-hydrogen) atoms. The molecule has 2 rings (SSSR count). The minimum Gasteiger partial charge on any atom is -0.392 e. The number of aromatic nitrogens is 2. The summed E-state index contributed by atoms with van der Waals surface area (Å²) in [4.78, 5) is 0. The number of hydrogen-bond donors (Lipinski definition) is 1. The van der Waals surface area contributed by atoms with Crippen LogP contribution >= 0.6 is 0 Å². The van der Waals surface area contributed by atoms with Crippen LogP contribution in [-0.4, -0.2) is 21.0 Å². The van der Waals surface area contributed by atoms with E-state index in [-0.39, 0.29) is 6.10 Å². The van der Waals surface area contributed by atoms with E-state index in [1.165, 1.54) is 32.1 Å². The summed E-state index contributed by atoms with van der Waals surface area (Å²) in [5.74, 6) is 1.38. The molecule has 1 unspecified atom stereocenters. The summed E-state index contributed by atoms with van der Waals surface area (Å²) in [7, 11) is 1.92. The Morgan fingerprint density at radius 1 is 1.41 bits per heavy atom. The maximum atomic E-state index is 10.2. The van der Waals surface area contributed by atoms with Crippen LogP contribution in [0.4, 0.5) is 0 Å². The lowest BCUT2D eigenvalue weighted by atomic mass is 9.77. The van der Waals surface area contributed by atoms with Crippen LogP contribution in [0.1, 0.15) is 44.7 Å². The molecule has 1 saturated carbocycles. The Balaban J connectivity index is 1.82. The first-order valence-electron chi connectivity index (χ1n) is 6.85. The first kappa shape index (κ1) is 12.6. The van der Waals surface area contributed by atoms with Gasteiger partial charge in [0.25, 0.3) is 0 Å². The zero-order chi connectivity index (χ0) is 12.3. The largest absolute Gasteiger partial charge is 0.392 e. The van der Waals surface area contributed by atoms with Crippen LogP contribution in [0.2, 0.25) is 0 Å². The summed E-state index contributed by atoms with van der Waals surface area (Å²) < 4.78 is 1.80. The van der Waals surface area contributed by atoms with Crippen LogP contribution in [0.15, 0.2) is 12.3 Å². The van der Waals surface area contributed by atoms with E-state index in [1.807, 2.05) is 19.3 Å². The molecule has 0 radical (unpaired) electrons. The first-order valence-corrected chi connectivity index (χ1v) is 6.85. The van der Waals surface area contributed by atoms with Crippen molar-refractivity contribution < 1.29 is 5.11 Å². The van der Waals surface area contributed by atoms with E-state index in [0.29, 0.717) is 12.3 Å². The van der Waals surface area contributed by atoms with E-state index >= 15 is 0 Å². The number of hydrogen-bond acceptors (Lipinski definition) is 2. The summed E-state index contributed by atoms with van der Waals surface area (Å²) in [5.41, 5.74) is 1.01. The lowest BCUT2D eigenvalue weighted by Gasteiger charge is -2.30. The van der Waals surface area contributed by atoms with Crippen molar-refractivity contribution in [3.63, 3.8) is 0 Å². The van der Waals surface area contributed by atoms with Gasteiger partial charge in [0.1, 0.15) is 0 Å². The van der Waals surface area contributed by atoms with E-state index in [4.69, 9.17) is 0 Å². The molecule has 1 heterocycles. The van der Waals surface area contributed by atoms with Crippen LogP contribution in [0.3, 0.4) is 0 Å². The van der Waals surface area contributed by atoms with Gasteiger partial charge in [0.2, 0.25) is 0 Å². The van der Waals surface area contributed by atoms with Gasteiger partial charge < -0.3 is 5.11 Å². The van der Waals surface area contributed by atoms with Crippen molar-refractivity contribution in [1.82, 2.24) is 9.78 Å². The van der Waals surface area contributed by atoms with Gasteiger partial charge in [-0.3, -0.25) is 4.68 Å². The molecule has 0 spiro atoms. The summed E-state index contributed by atoms with van der Waals surface area (Å²) >= 11 is 0. The van der Waals surface area contributed by atoms with Crippen LogP contribution < -0.4 is 0 Å². The number of rotatable bonds is 4. The van der Waals surface area contributed by atoms with Gasteiger partial charge in [-0.05, 0) is 30.7 Å². The summed E-state index contributed by atoms with van der Waals surface area (Å²) in [5, 5.41) is 14.6. The zero-order valence-corrected chi connectivity index (χ0v) is 11.0. The van der Waals surface area contributed by atoms with Gasteiger partial charge >= 0.3 is 0 Å². The van der Waals surface area contributed by atoms with Gasteiger partial charge in [0.05, 0.1) is 11.8 Å². The van der Waals surface area contributed by atoms with Gasteiger partial charge in [-0.25, -0.2) is 0 Å². The molecule has 1 fully saturated rings. The molecule has 1 aromatic rings. The van der Waals surface area contributed by atoms with Crippen molar-refractivity contribution >= 4 is 0 Å². The molecule has 3 heteroatoms. The quantitative estimate of drug-likeness (QED) is 0.872.